The van der Waals surface area contributed by atoms with Gasteiger partial charge < -0.3 is 0 Å². The van der Waals surface area contributed by atoms with Crippen LogP contribution in [0.1, 0.15) is 45.6 Å². The van der Waals surface area contributed by atoms with Crippen molar-refractivity contribution in [3.05, 3.63) is 82.4 Å². The minimum absolute atomic E-state index is 0.0566. The van der Waals surface area contributed by atoms with Gasteiger partial charge in [-0.3, -0.25) is 4.79 Å². The van der Waals surface area contributed by atoms with Crippen molar-refractivity contribution in [2.75, 3.05) is 0 Å². The van der Waals surface area contributed by atoms with Crippen molar-refractivity contribution in [2.24, 2.45) is 7.05 Å². The second-order valence-corrected chi connectivity index (χ2v) is 7.15. The molecule has 3 aromatic rings. The van der Waals surface area contributed by atoms with Crippen molar-refractivity contribution in [1.82, 2.24) is 9.78 Å². The van der Waals surface area contributed by atoms with Gasteiger partial charge in [-0.2, -0.15) is 0 Å². The van der Waals surface area contributed by atoms with Gasteiger partial charge in [-0.05, 0) is 56.0 Å². The molecule has 0 aliphatic rings. The Kier molecular flexibility index (Phi) is 5.08. The summed E-state index contributed by atoms with van der Waals surface area (Å²) in [6.07, 6.45) is 1.70. The molecular formula is C23H26N3O+. The quantitative estimate of drug-likeness (QED) is 0.397. The minimum atomic E-state index is -0.0566. The van der Waals surface area contributed by atoms with Crippen molar-refractivity contribution in [3.63, 3.8) is 0 Å². The topological polar surface area (TPSA) is 38.8 Å². The minimum Gasteiger partial charge on any atom is -0.282 e. The molecule has 0 fully saturated rings. The van der Waals surface area contributed by atoms with Crippen LogP contribution in [0, 0.1) is 27.7 Å². The number of hydrogen-bond donors (Lipinski definition) is 0. The normalized spacial score (nSPS) is 11.7. The molecule has 0 radical (unpaired) electrons. The zero-order valence-corrected chi connectivity index (χ0v) is 16.9. The van der Waals surface area contributed by atoms with Crippen molar-refractivity contribution < 1.29 is 9.36 Å². The number of aryl methyl sites for hydroxylation is 4. The maximum Gasteiger partial charge on any atom is 0.314 e. The molecular weight excluding hydrogens is 334 g/mol. The molecule has 2 aromatic carbocycles. The van der Waals surface area contributed by atoms with E-state index >= 15 is 0 Å². The van der Waals surface area contributed by atoms with Gasteiger partial charge in [-0.25, -0.2) is 4.57 Å². The number of nitrogens with zero attached hydrogens (tertiary/aromatic N) is 3. The van der Waals surface area contributed by atoms with E-state index in [2.05, 4.69) is 38.0 Å². The Labute approximate surface area is 160 Å². The van der Waals surface area contributed by atoms with Crippen LogP contribution in [0.5, 0.6) is 0 Å². The molecule has 0 atom stereocenters. The summed E-state index contributed by atoms with van der Waals surface area (Å²) in [5, 5.41) is 4.66. The summed E-state index contributed by atoms with van der Waals surface area (Å²) < 4.78 is 3.65. The number of ketones is 1. The van der Waals surface area contributed by atoms with Gasteiger partial charge in [0, 0.05) is 12.0 Å². The van der Waals surface area contributed by atoms with Crippen molar-refractivity contribution in [3.8, 4) is 5.69 Å². The van der Waals surface area contributed by atoms with E-state index in [1.165, 1.54) is 5.56 Å². The Bertz CT molecular complexity index is 1020. The fraction of sp³-hybridized carbons (Fsp3) is 0.261. The van der Waals surface area contributed by atoms with Gasteiger partial charge in [0.2, 0.25) is 0 Å². The van der Waals surface area contributed by atoms with E-state index in [4.69, 9.17) is 0 Å². The highest BCUT2D eigenvalue weighted by Gasteiger charge is 2.29. The molecule has 0 unspecified atom stereocenters. The van der Waals surface area contributed by atoms with Crippen LogP contribution in [0.15, 0.2) is 48.5 Å². The van der Waals surface area contributed by atoms with E-state index in [-0.39, 0.29) is 5.78 Å². The summed E-state index contributed by atoms with van der Waals surface area (Å²) in [5.74, 6) is 1.29. The maximum atomic E-state index is 13.2. The zero-order chi connectivity index (χ0) is 19.7. The van der Waals surface area contributed by atoms with E-state index < -0.39 is 0 Å². The van der Waals surface area contributed by atoms with Crippen LogP contribution in [0.3, 0.4) is 0 Å². The zero-order valence-electron chi connectivity index (χ0n) is 16.9. The molecule has 0 spiro atoms. The van der Waals surface area contributed by atoms with E-state index in [0.29, 0.717) is 5.82 Å². The van der Waals surface area contributed by atoms with Crippen LogP contribution < -0.4 is 4.57 Å². The van der Waals surface area contributed by atoms with Gasteiger partial charge in [0.05, 0.1) is 7.05 Å². The number of carbonyl (C=O) groups excluding carboxylic acids is 1. The first-order chi connectivity index (χ1) is 12.8. The summed E-state index contributed by atoms with van der Waals surface area (Å²) in [4.78, 5) is 13.2. The lowest BCUT2D eigenvalue weighted by molar-refractivity contribution is -0.679. The summed E-state index contributed by atoms with van der Waals surface area (Å²) in [6, 6.07) is 14.2. The Morgan fingerprint density at radius 3 is 2.22 bits per heavy atom. The molecule has 0 amide bonds. The second-order valence-electron chi connectivity index (χ2n) is 7.15. The molecule has 1 aromatic heterocycles. The Balaban J connectivity index is 2.14. The molecule has 27 heavy (non-hydrogen) atoms. The number of rotatable bonds is 4. The van der Waals surface area contributed by atoms with Crippen LogP contribution in [0.2, 0.25) is 0 Å². The van der Waals surface area contributed by atoms with Gasteiger partial charge in [-0.15, -0.1) is 0 Å². The third kappa shape index (κ3) is 3.61. The molecule has 0 saturated carbocycles. The number of aromatic nitrogens is 3. The molecule has 0 aliphatic heterocycles. The number of carbonyl (C=O) groups is 1. The van der Waals surface area contributed by atoms with Crippen molar-refractivity contribution in [2.45, 2.75) is 34.6 Å². The van der Waals surface area contributed by atoms with Crippen molar-refractivity contribution >= 4 is 11.4 Å². The van der Waals surface area contributed by atoms with Crippen LogP contribution in [0.4, 0.5) is 0 Å². The van der Waals surface area contributed by atoms with Gasteiger partial charge >= 0.3 is 5.82 Å². The van der Waals surface area contributed by atoms with Gasteiger partial charge in [0.25, 0.3) is 11.6 Å². The highest BCUT2D eigenvalue weighted by molar-refractivity contribution is 6.05. The molecule has 138 valence electrons. The summed E-state index contributed by atoms with van der Waals surface area (Å²) >= 11 is 0. The van der Waals surface area contributed by atoms with Crippen LogP contribution in [-0.4, -0.2) is 15.6 Å². The molecule has 4 nitrogen and oxygen atoms in total. The molecule has 0 saturated heterocycles. The van der Waals surface area contributed by atoms with Gasteiger partial charge in [0.15, 0.2) is 0 Å². The molecule has 0 N–H and O–H groups in total. The number of hydrogen-bond acceptors (Lipinski definition) is 2. The van der Waals surface area contributed by atoms with Crippen LogP contribution >= 0.6 is 0 Å². The third-order valence-corrected chi connectivity index (χ3v) is 4.89. The number of allylic oxidation sites excluding steroid dienone is 2. The van der Waals surface area contributed by atoms with Gasteiger partial charge in [-0.1, -0.05) is 52.7 Å². The number of benzene rings is 2. The highest BCUT2D eigenvalue weighted by atomic mass is 16.1. The summed E-state index contributed by atoms with van der Waals surface area (Å²) in [5.41, 5.74) is 6.36. The average Bonchev–Trinajstić information content (AvgIpc) is 2.89. The highest BCUT2D eigenvalue weighted by Crippen LogP contribution is 2.22. The lowest BCUT2D eigenvalue weighted by Crippen LogP contribution is -2.37. The Morgan fingerprint density at radius 2 is 1.63 bits per heavy atom. The van der Waals surface area contributed by atoms with E-state index in [0.717, 1.165) is 33.8 Å². The molecule has 0 bridgehead atoms. The monoisotopic (exact) mass is 360 g/mol. The lowest BCUT2D eigenvalue weighted by Gasteiger charge is -2.08. The lowest BCUT2D eigenvalue weighted by atomic mass is 10.0. The fourth-order valence-corrected chi connectivity index (χ4v) is 3.53. The largest absolute Gasteiger partial charge is 0.314 e. The second kappa shape index (κ2) is 7.31. The molecule has 4 heteroatoms. The predicted molar refractivity (Wildman–Crippen MR) is 108 cm³/mol. The smallest absolute Gasteiger partial charge is 0.282 e. The predicted octanol–water partition coefficient (Wildman–Crippen LogP) is 4.22. The van der Waals surface area contributed by atoms with Crippen molar-refractivity contribution in [1.29, 1.82) is 0 Å². The van der Waals surface area contributed by atoms with Crippen LogP contribution in [-0.2, 0) is 7.05 Å². The third-order valence-electron chi connectivity index (χ3n) is 4.89. The standard InChI is InChI=1S/C23H26N3O/c1-15-12-17(3)22(18(4)13-15)26-23(25(6)19(5)24-26)21(27)14-16(2)20-10-8-7-9-11-20/h7-14H,1-6H3/q+1/b16-14+. The van der Waals surface area contributed by atoms with E-state index in [9.17, 15) is 4.79 Å². The van der Waals surface area contributed by atoms with Crippen LogP contribution in [0.25, 0.3) is 11.3 Å². The molecule has 1 heterocycles. The average molecular weight is 360 g/mol. The molecule has 3 rings (SSSR count). The summed E-state index contributed by atoms with van der Waals surface area (Å²) in [7, 11) is 1.89. The first kappa shape index (κ1) is 18.8. The maximum absolute atomic E-state index is 13.2. The Morgan fingerprint density at radius 1 is 1.04 bits per heavy atom. The first-order valence-corrected chi connectivity index (χ1v) is 9.11. The van der Waals surface area contributed by atoms with Gasteiger partial charge in [0.1, 0.15) is 5.69 Å². The fourth-order valence-electron chi connectivity index (χ4n) is 3.53. The summed E-state index contributed by atoms with van der Waals surface area (Å²) in [6.45, 7) is 10.1. The van der Waals surface area contributed by atoms with E-state index in [1.54, 1.807) is 10.8 Å². The SMILES string of the molecule is C/C(=C\C(=O)c1n(-c2c(C)cc(C)cc2C)nc(C)[n+]1C)c1ccccc1. The molecule has 0 aliphatic carbocycles. The Hall–Kier alpha value is -3.01. The van der Waals surface area contributed by atoms with E-state index in [1.807, 2.05) is 55.8 Å². The first-order valence-electron chi connectivity index (χ1n) is 9.11.